The van der Waals surface area contributed by atoms with E-state index in [0.29, 0.717) is 17.8 Å². The number of nitrogens with one attached hydrogen (secondary N) is 2. The summed E-state index contributed by atoms with van der Waals surface area (Å²) >= 11 is 1.67. The molecule has 2 amide bonds. The van der Waals surface area contributed by atoms with Gasteiger partial charge in [0.15, 0.2) is 0 Å². The van der Waals surface area contributed by atoms with Crippen LogP contribution >= 0.6 is 11.3 Å². The van der Waals surface area contributed by atoms with E-state index in [-0.39, 0.29) is 11.9 Å². The van der Waals surface area contributed by atoms with E-state index in [4.69, 9.17) is 4.74 Å². The molecule has 1 aromatic carbocycles. The minimum Gasteiger partial charge on any atom is -0.444 e. The Balaban J connectivity index is 1.99. The molecule has 146 valence electrons. The third-order valence-electron chi connectivity index (χ3n) is 3.72. The molecule has 0 aliphatic rings. The highest BCUT2D eigenvalue weighted by atomic mass is 32.1. The molecule has 1 heterocycles. The van der Waals surface area contributed by atoms with Gasteiger partial charge in [0.25, 0.3) is 5.91 Å². The van der Waals surface area contributed by atoms with E-state index >= 15 is 0 Å². The van der Waals surface area contributed by atoms with Gasteiger partial charge in [-0.3, -0.25) is 10.1 Å². The summed E-state index contributed by atoms with van der Waals surface area (Å²) in [7, 11) is 3.98. The van der Waals surface area contributed by atoms with Crippen molar-refractivity contribution in [2.75, 3.05) is 26.0 Å². The summed E-state index contributed by atoms with van der Waals surface area (Å²) in [5, 5.41) is 7.65. The second kappa shape index (κ2) is 9.01. The van der Waals surface area contributed by atoms with E-state index in [0.717, 1.165) is 0 Å². The van der Waals surface area contributed by atoms with E-state index in [2.05, 4.69) is 21.6 Å². The number of hydrogen-bond donors (Lipinski definition) is 2. The molecular weight excluding hydrogens is 362 g/mol. The normalized spacial score (nSPS) is 12.5. The van der Waals surface area contributed by atoms with Gasteiger partial charge in [0.1, 0.15) is 5.60 Å². The number of rotatable bonds is 6. The zero-order chi connectivity index (χ0) is 20.0. The van der Waals surface area contributed by atoms with Crippen molar-refractivity contribution in [2.24, 2.45) is 0 Å². The molecule has 0 saturated carbocycles. The summed E-state index contributed by atoms with van der Waals surface area (Å²) in [4.78, 5) is 27.7. The molecular formula is C20H27N3O3S. The number of hydrogen-bond acceptors (Lipinski definition) is 5. The summed E-state index contributed by atoms with van der Waals surface area (Å²) in [5.74, 6) is -0.189. The van der Waals surface area contributed by atoms with Crippen LogP contribution in [0.15, 0.2) is 41.8 Å². The van der Waals surface area contributed by atoms with Gasteiger partial charge in [-0.05, 0) is 64.5 Å². The molecule has 0 bridgehead atoms. The van der Waals surface area contributed by atoms with E-state index in [9.17, 15) is 9.59 Å². The smallest absolute Gasteiger partial charge is 0.412 e. The fraction of sp³-hybridized carbons (Fsp3) is 0.400. The Morgan fingerprint density at radius 2 is 1.93 bits per heavy atom. The Kier molecular flexibility index (Phi) is 6.98. The lowest BCUT2D eigenvalue weighted by Crippen LogP contribution is -2.34. The fourth-order valence-corrected chi connectivity index (χ4v) is 3.39. The largest absolute Gasteiger partial charge is 0.444 e. The highest BCUT2D eigenvalue weighted by Crippen LogP contribution is 2.22. The van der Waals surface area contributed by atoms with Crippen molar-refractivity contribution in [2.45, 2.75) is 32.4 Å². The maximum atomic E-state index is 12.5. The Bertz CT molecular complexity index is 767. The highest BCUT2D eigenvalue weighted by Gasteiger charge is 2.18. The first-order valence-electron chi connectivity index (χ1n) is 8.74. The Morgan fingerprint density at radius 1 is 1.19 bits per heavy atom. The number of ether oxygens (including phenoxy) is 1. The lowest BCUT2D eigenvalue weighted by atomic mass is 10.1. The van der Waals surface area contributed by atoms with Crippen molar-refractivity contribution in [1.29, 1.82) is 0 Å². The van der Waals surface area contributed by atoms with Crippen molar-refractivity contribution in [3.63, 3.8) is 0 Å². The molecule has 2 rings (SSSR count). The van der Waals surface area contributed by atoms with Gasteiger partial charge in [-0.25, -0.2) is 4.79 Å². The standard InChI is InChI=1S/C20H27N3O3S/c1-20(2,3)26-19(25)22-15-9-6-8-14(12-15)18(24)21-13-16(23(4)5)17-10-7-11-27-17/h6-12,16H,13H2,1-5H3,(H,21,24)(H,22,25). The van der Waals surface area contributed by atoms with Crippen LogP contribution in [0.25, 0.3) is 0 Å². The van der Waals surface area contributed by atoms with Gasteiger partial charge in [-0.1, -0.05) is 12.1 Å². The number of nitrogens with zero attached hydrogens (tertiary/aromatic N) is 1. The summed E-state index contributed by atoms with van der Waals surface area (Å²) < 4.78 is 5.23. The first kappa shape index (κ1) is 20.9. The Hall–Kier alpha value is -2.38. The minimum atomic E-state index is -0.581. The number of benzene rings is 1. The van der Waals surface area contributed by atoms with Crippen LogP contribution in [0.3, 0.4) is 0 Å². The van der Waals surface area contributed by atoms with Crippen LogP contribution in [0.4, 0.5) is 10.5 Å². The summed E-state index contributed by atoms with van der Waals surface area (Å²) in [6.07, 6.45) is -0.551. The third-order valence-corrected chi connectivity index (χ3v) is 4.69. The van der Waals surface area contributed by atoms with Gasteiger partial charge in [0, 0.05) is 22.7 Å². The molecule has 7 heteroatoms. The van der Waals surface area contributed by atoms with E-state index < -0.39 is 11.7 Å². The lowest BCUT2D eigenvalue weighted by Gasteiger charge is -2.23. The quantitative estimate of drug-likeness (QED) is 0.779. The average molecular weight is 390 g/mol. The van der Waals surface area contributed by atoms with E-state index in [1.807, 2.05) is 25.5 Å². The van der Waals surface area contributed by atoms with Crippen molar-refractivity contribution in [1.82, 2.24) is 10.2 Å². The minimum absolute atomic E-state index is 0.108. The zero-order valence-corrected chi connectivity index (χ0v) is 17.2. The molecule has 0 fully saturated rings. The molecule has 1 aromatic heterocycles. The topological polar surface area (TPSA) is 70.7 Å². The van der Waals surface area contributed by atoms with Crippen molar-refractivity contribution < 1.29 is 14.3 Å². The van der Waals surface area contributed by atoms with E-state index in [1.165, 1.54) is 4.88 Å². The van der Waals surface area contributed by atoms with Crippen LogP contribution < -0.4 is 10.6 Å². The molecule has 0 spiro atoms. The zero-order valence-electron chi connectivity index (χ0n) is 16.4. The molecule has 0 aliphatic heterocycles. The highest BCUT2D eigenvalue weighted by molar-refractivity contribution is 7.10. The monoisotopic (exact) mass is 389 g/mol. The van der Waals surface area contributed by atoms with Crippen molar-refractivity contribution in [3.8, 4) is 0 Å². The van der Waals surface area contributed by atoms with Crippen LogP contribution in [0, 0.1) is 0 Å². The van der Waals surface area contributed by atoms with Crippen molar-refractivity contribution in [3.05, 3.63) is 52.2 Å². The number of anilines is 1. The molecule has 2 aromatic rings. The van der Waals surface area contributed by atoms with E-state index in [1.54, 1.807) is 56.4 Å². The molecule has 1 unspecified atom stereocenters. The van der Waals surface area contributed by atoms with Gasteiger partial charge in [-0.15, -0.1) is 11.3 Å². The predicted molar refractivity (Wildman–Crippen MR) is 109 cm³/mol. The average Bonchev–Trinajstić information content (AvgIpc) is 3.07. The number of carbonyl (C=O) groups is 2. The first-order valence-corrected chi connectivity index (χ1v) is 9.62. The first-order chi connectivity index (χ1) is 12.7. The van der Waals surface area contributed by atoms with Gasteiger partial charge in [0.05, 0.1) is 6.04 Å². The lowest BCUT2D eigenvalue weighted by molar-refractivity contribution is 0.0635. The molecule has 0 aliphatic carbocycles. The molecule has 0 radical (unpaired) electrons. The molecule has 6 nitrogen and oxygen atoms in total. The fourth-order valence-electron chi connectivity index (χ4n) is 2.47. The number of carbonyl (C=O) groups excluding carboxylic acids is 2. The third kappa shape index (κ3) is 6.69. The van der Waals surface area contributed by atoms with Gasteiger partial charge in [0.2, 0.25) is 0 Å². The number of thiophene rings is 1. The predicted octanol–water partition coefficient (Wildman–Crippen LogP) is 4.13. The second-order valence-electron chi connectivity index (χ2n) is 7.41. The number of amides is 2. The number of likely N-dealkylation sites (N-methyl/N-ethyl adjacent to an activating group) is 1. The SMILES string of the molecule is CN(C)C(CNC(=O)c1cccc(NC(=O)OC(C)(C)C)c1)c1cccs1. The van der Waals surface area contributed by atoms with Gasteiger partial charge in [-0.2, -0.15) is 0 Å². The Labute approximate surface area is 164 Å². The van der Waals surface area contributed by atoms with Crippen LogP contribution in [-0.2, 0) is 4.74 Å². The molecule has 27 heavy (non-hydrogen) atoms. The second-order valence-corrected chi connectivity index (χ2v) is 8.39. The molecule has 1 atom stereocenters. The van der Waals surface area contributed by atoms with Crippen LogP contribution in [0.5, 0.6) is 0 Å². The van der Waals surface area contributed by atoms with Crippen LogP contribution in [0.1, 0.15) is 42.0 Å². The van der Waals surface area contributed by atoms with Gasteiger partial charge >= 0.3 is 6.09 Å². The maximum absolute atomic E-state index is 12.5. The van der Waals surface area contributed by atoms with Crippen LogP contribution in [-0.4, -0.2) is 43.1 Å². The summed E-state index contributed by atoms with van der Waals surface area (Å²) in [5.41, 5.74) is 0.411. The summed E-state index contributed by atoms with van der Waals surface area (Å²) in [6.45, 7) is 5.89. The van der Waals surface area contributed by atoms with Crippen LogP contribution in [0.2, 0.25) is 0 Å². The van der Waals surface area contributed by atoms with Crippen molar-refractivity contribution >= 4 is 29.0 Å². The Morgan fingerprint density at radius 3 is 2.52 bits per heavy atom. The van der Waals surface area contributed by atoms with Gasteiger partial charge < -0.3 is 15.0 Å². The molecule has 2 N–H and O–H groups in total. The molecule has 0 saturated heterocycles. The maximum Gasteiger partial charge on any atom is 0.412 e. The summed E-state index contributed by atoms with van der Waals surface area (Å²) in [6, 6.07) is 11.0.